The monoisotopic (exact) mass is 1320 g/mol. The van der Waals surface area contributed by atoms with Crippen LogP contribution in [0, 0.1) is 23.7 Å². The predicted molar refractivity (Wildman–Crippen MR) is 340 cm³/mol. The zero-order valence-electron chi connectivity index (χ0n) is 56.1. The molecule has 26 heteroatoms. The summed E-state index contributed by atoms with van der Waals surface area (Å²) < 4.78 is 41.4. The number of rotatable bonds is 10. The normalized spacial score (nSPS) is 27.4. The van der Waals surface area contributed by atoms with Crippen molar-refractivity contribution in [3.63, 3.8) is 0 Å². The lowest BCUT2D eigenvalue weighted by molar-refractivity contribution is -0.150. The van der Waals surface area contributed by atoms with Crippen LogP contribution in [0.5, 0.6) is 0 Å². The molecule has 22 nitrogen and oxygen atoms in total. The number of carbonyl (C=O) groups excluding carboxylic acids is 11. The molecular weight excluding hydrogens is 1220 g/mol. The maximum atomic E-state index is 15.0. The summed E-state index contributed by atoms with van der Waals surface area (Å²) in [5.74, 6) is -7.49. The van der Waals surface area contributed by atoms with E-state index in [-0.39, 0.29) is 82.7 Å². The summed E-state index contributed by atoms with van der Waals surface area (Å²) in [7, 11) is 7.26. The van der Waals surface area contributed by atoms with E-state index in [9.17, 15) is 56.3 Å². The smallest absolute Gasteiger partial charge is 0.351 e. The van der Waals surface area contributed by atoms with Gasteiger partial charge in [-0.1, -0.05) is 111 Å². The van der Waals surface area contributed by atoms with Gasteiger partial charge in [0.1, 0.15) is 47.8 Å². The van der Waals surface area contributed by atoms with E-state index in [2.05, 4.69) is 21.3 Å². The third kappa shape index (κ3) is 18.4. The molecule has 1 aromatic rings. The number of hydrogen-bond donors (Lipinski definition) is 4. The van der Waals surface area contributed by atoms with Crippen LogP contribution >= 0.6 is 11.6 Å². The number of carbonyl (C=O) groups is 11. The molecule has 1 spiro atoms. The van der Waals surface area contributed by atoms with Crippen LogP contribution in [-0.4, -0.2) is 215 Å². The Morgan fingerprint density at radius 2 is 1.24 bits per heavy atom. The highest BCUT2D eigenvalue weighted by atomic mass is 35.5. The average Bonchev–Trinajstić information content (AvgIpc) is 1.67. The van der Waals surface area contributed by atoms with Gasteiger partial charge in [0.05, 0.1) is 23.7 Å². The molecule has 2 saturated carbocycles. The van der Waals surface area contributed by atoms with Gasteiger partial charge in [0.25, 0.3) is 0 Å². The van der Waals surface area contributed by atoms with Crippen LogP contribution in [0.15, 0.2) is 18.2 Å². The van der Waals surface area contributed by atoms with Crippen molar-refractivity contribution in [1.29, 1.82) is 0 Å². The van der Waals surface area contributed by atoms with Crippen molar-refractivity contribution in [2.24, 2.45) is 23.7 Å². The first kappa shape index (κ1) is 74.5. The van der Waals surface area contributed by atoms with Crippen molar-refractivity contribution in [1.82, 2.24) is 55.6 Å². The molecule has 3 saturated heterocycles. The topological polar surface area (TPSA) is 259 Å². The van der Waals surface area contributed by atoms with Gasteiger partial charge >= 0.3 is 6.18 Å². The number of likely N-dealkylation sites (N-methyl/N-ethyl adjacent to an activating group) is 5. The Balaban J connectivity index is 1.37. The van der Waals surface area contributed by atoms with E-state index in [4.69, 9.17) is 11.6 Å². The molecule has 0 aromatic heterocycles. The van der Waals surface area contributed by atoms with Gasteiger partial charge in [0.2, 0.25) is 65.0 Å². The molecule has 514 valence electrons. The number of nitrogens with one attached hydrogen (secondary N) is 4. The summed E-state index contributed by atoms with van der Waals surface area (Å²) in [5.41, 5.74) is -2.24. The van der Waals surface area contributed by atoms with Gasteiger partial charge in [-0.3, -0.25) is 52.7 Å². The Hall–Kier alpha value is -6.53. The molecule has 0 bridgehead atoms. The molecule has 2 aliphatic carbocycles. The van der Waals surface area contributed by atoms with Gasteiger partial charge in [-0.2, -0.15) is 13.2 Å². The second kappa shape index (κ2) is 32.5. The number of nitrogens with zero attached hydrogens (tertiary/aromatic N) is 7. The fourth-order valence-electron chi connectivity index (χ4n) is 14.1. The van der Waals surface area contributed by atoms with Crippen molar-refractivity contribution < 1.29 is 65.9 Å². The summed E-state index contributed by atoms with van der Waals surface area (Å²) in [5, 5.41) is 11.1. The maximum Gasteiger partial charge on any atom is 0.417 e. The van der Waals surface area contributed by atoms with Crippen LogP contribution in [0.1, 0.15) is 175 Å². The number of fused-ring (bicyclic) bond motifs is 2. The standard InChI is InChI=1S/C66H101ClF3N11O11/c1-13-41(6)55-63(91)81-32-20-24-49(81)61(89)76(9)38-54(84)78(11)51(36-43-21-15-14-16-22-43)62(90)75(8)37-52(82)72-47(28-26-44-25-27-45(46(67)35-44)66(68,69)70)60(88)80-31-19-23-48(80)58(86)74-65(29-17-18-30-65)64(92)79(12)56(40(4)5)59(87)71-42(7)34-53(83)77(10)50(33-39(2)3)57(85)73-55/h25,27,35,39-43,47-51,55-56H,13-24,26,28-34,36-38H2,1-12H3,(H,71,87)(H,72,82)(H,73,85)(H,74,86)/t41-,42+,47-,48-,49-,50-,51-,55-,56-/m0/s1. The summed E-state index contributed by atoms with van der Waals surface area (Å²) in [4.78, 5) is 170. The minimum atomic E-state index is -4.74. The Bertz CT molecular complexity index is 2850. The number of hydrogen-bond acceptors (Lipinski definition) is 11. The fourth-order valence-corrected chi connectivity index (χ4v) is 14.4. The lowest BCUT2D eigenvalue weighted by Crippen LogP contribution is -2.64. The van der Waals surface area contributed by atoms with Gasteiger partial charge in [-0.25, -0.2) is 0 Å². The lowest BCUT2D eigenvalue weighted by atomic mass is 9.84. The fraction of sp³-hybridized carbons (Fsp3) is 0.742. The molecule has 6 rings (SSSR count). The number of halogens is 4. The van der Waals surface area contributed by atoms with Gasteiger partial charge in [-0.05, 0) is 112 Å². The molecule has 5 fully saturated rings. The van der Waals surface area contributed by atoms with Gasteiger partial charge in [0, 0.05) is 60.8 Å². The SMILES string of the molecule is CC[C@H](C)[C@@H]1NC(=O)[C@H](CC(C)C)N(C)C(=O)C[C@@H](C)NC(=O)[C@H](C(C)C)N(C)C(=O)C2(CCCC2)NC(=O)[C@@H]2CCCN2C(=O)[C@H](CCc2ccc(C(F)(F)F)c(Cl)c2)NC(=O)CN(C)C(=O)[C@H](CC2CCCCC2)N(C)C(=O)CN(C)C(=O)[C@@H]2CCCN2C1=O. The van der Waals surface area contributed by atoms with Gasteiger partial charge in [0.15, 0.2) is 0 Å². The molecule has 0 unspecified atom stereocenters. The highest BCUT2D eigenvalue weighted by molar-refractivity contribution is 6.31. The predicted octanol–water partition coefficient (Wildman–Crippen LogP) is 5.70. The molecule has 3 aliphatic heterocycles. The molecule has 1 aromatic carbocycles. The van der Waals surface area contributed by atoms with Crippen LogP contribution in [0.2, 0.25) is 5.02 Å². The second-order valence-electron chi connectivity index (χ2n) is 27.5. The van der Waals surface area contributed by atoms with Crippen LogP contribution < -0.4 is 21.3 Å². The van der Waals surface area contributed by atoms with E-state index < -0.39 is 161 Å². The van der Waals surface area contributed by atoms with Crippen molar-refractivity contribution in [3.05, 3.63) is 34.3 Å². The molecular formula is C66H101ClF3N11O11. The van der Waals surface area contributed by atoms with E-state index in [0.717, 1.165) is 49.1 Å². The highest BCUT2D eigenvalue weighted by Gasteiger charge is 2.50. The third-order valence-corrected chi connectivity index (χ3v) is 20.0. The zero-order chi connectivity index (χ0) is 68.3. The zero-order valence-corrected chi connectivity index (χ0v) is 56.8. The number of benzene rings is 1. The van der Waals surface area contributed by atoms with Crippen molar-refractivity contribution >= 4 is 76.6 Å². The van der Waals surface area contributed by atoms with E-state index in [1.807, 2.05) is 27.7 Å². The van der Waals surface area contributed by atoms with Crippen molar-refractivity contribution in [2.75, 3.05) is 61.4 Å². The minimum absolute atomic E-state index is 0.0370. The van der Waals surface area contributed by atoms with Gasteiger partial charge in [-0.15, -0.1) is 0 Å². The Labute approximate surface area is 545 Å². The molecule has 4 N–H and O–H groups in total. The van der Waals surface area contributed by atoms with E-state index in [1.165, 1.54) is 70.7 Å². The first-order chi connectivity index (χ1) is 43.2. The summed E-state index contributed by atoms with van der Waals surface area (Å²) in [6, 6.07) is -5.52. The number of alkyl halides is 3. The van der Waals surface area contributed by atoms with Crippen LogP contribution in [0.3, 0.4) is 0 Å². The molecule has 9 atom stereocenters. The molecule has 3 heterocycles. The highest BCUT2D eigenvalue weighted by Crippen LogP contribution is 2.37. The summed E-state index contributed by atoms with van der Waals surface area (Å²) in [6.07, 6.45) is 2.87. The minimum Gasteiger partial charge on any atom is -0.351 e. The summed E-state index contributed by atoms with van der Waals surface area (Å²) in [6.45, 7) is 11.8. The van der Waals surface area contributed by atoms with Crippen LogP contribution in [-0.2, 0) is 65.3 Å². The quantitative estimate of drug-likeness (QED) is 0.221. The number of aryl methyl sites for hydroxylation is 1. The first-order valence-electron chi connectivity index (χ1n) is 33.2. The van der Waals surface area contributed by atoms with Crippen LogP contribution in [0.4, 0.5) is 13.2 Å². The average molecular weight is 1320 g/mol. The molecule has 5 aliphatic rings. The molecule has 11 amide bonds. The van der Waals surface area contributed by atoms with Gasteiger partial charge < -0.3 is 55.6 Å². The lowest BCUT2D eigenvalue weighted by Gasteiger charge is -2.39. The number of amides is 11. The largest absolute Gasteiger partial charge is 0.417 e. The summed E-state index contributed by atoms with van der Waals surface area (Å²) >= 11 is 6.12. The molecule has 0 radical (unpaired) electrons. The van der Waals surface area contributed by atoms with E-state index in [0.29, 0.717) is 37.7 Å². The van der Waals surface area contributed by atoms with Crippen molar-refractivity contribution in [2.45, 2.75) is 231 Å². The van der Waals surface area contributed by atoms with E-state index >= 15 is 9.59 Å². The van der Waals surface area contributed by atoms with E-state index in [1.54, 1.807) is 20.8 Å². The third-order valence-electron chi connectivity index (χ3n) is 19.7. The van der Waals surface area contributed by atoms with Crippen LogP contribution in [0.25, 0.3) is 0 Å². The Morgan fingerprint density at radius 3 is 1.83 bits per heavy atom. The Morgan fingerprint density at radius 1 is 0.641 bits per heavy atom. The molecule has 92 heavy (non-hydrogen) atoms. The maximum absolute atomic E-state index is 15.0. The first-order valence-corrected chi connectivity index (χ1v) is 33.6. The van der Waals surface area contributed by atoms with Crippen molar-refractivity contribution in [3.8, 4) is 0 Å². The Kier molecular flexibility index (Phi) is 26.4. The second-order valence-corrected chi connectivity index (χ2v) is 27.9.